The zero-order valence-electron chi connectivity index (χ0n) is 11.7. The lowest BCUT2D eigenvalue weighted by Crippen LogP contribution is -2.35. The highest BCUT2D eigenvalue weighted by atomic mass is 32.1. The van der Waals surface area contributed by atoms with E-state index >= 15 is 0 Å². The molecule has 4 rings (SSSR count). The minimum Gasteiger partial charge on any atom is -0.304 e. The van der Waals surface area contributed by atoms with Gasteiger partial charge >= 0.3 is 0 Å². The van der Waals surface area contributed by atoms with Crippen LogP contribution in [0.2, 0.25) is 0 Å². The lowest BCUT2D eigenvalue weighted by molar-refractivity contribution is 0.0985. The molecule has 21 heavy (non-hydrogen) atoms. The fraction of sp³-hybridized carbons (Fsp3) is 0.167. The number of amides is 1. The van der Waals surface area contributed by atoms with Gasteiger partial charge in [0.15, 0.2) is 0 Å². The summed E-state index contributed by atoms with van der Waals surface area (Å²) in [5.74, 6) is 0.119. The fourth-order valence-corrected chi connectivity index (χ4v) is 4.08. The predicted octanol–water partition coefficient (Wildman–Crippen LogP) is 4.49. The third-order valence-electron chi connectivity index (χ3n) is 4.06. The van der Waals surface area contributed by atoms with Crippen molar-refractivity contribution < 1.29 is 4.79 Å². The third-order valence-corrected chi connectivity index (χ3v) is 5.17. The van der Waals surface area contributed by atoms with Gasteiger partial charge in [0.2, 0.25) is 0 Å². The van der Waals surface area contributed by atoms with Gasteiger partial charge in [-0.2, -0.15) is 0 Å². The molecule has 3 heteroatoms. The van der Waals surface area contributed by atoms with E-state index < -0.39 is 0 Å². The van der Waals surface area contributed by atoms with E-state index in [4.69, 9.17) is 0 Å². The van der Waals surface area contributed by atoms with Gasteiger partial charge in [-0.3, -0.25) is 4.79 Å². The topological polar surface area (TPSA) is 20.3 Å². The van der Waals surface area contributed by atoms with Crippen molar-refractivity contribution in [2.24, 2.45) is 0 Å². The second kappa shape index (κ2) is 4.71. The average molecular weight is 293 g/mol. The van der Waals surface area contributed by atoms with E-state index in [9.17, 15) is 4.79 Å². The van der Waals surface area contributed by atoms with Crippen LogP contribution in [0.4, 0.5) is 5.69 Å². The largest absolute Gasteiger partial charge is 0.304 e. The van der Waals surface area contributed by atoms with Gasteiger partial charge in [0.25, 0.3) is 5.91 Å². The maximum Gasteiger partial charge on any atom is 0.268 e. The molecular weight excluding hydrogens is 278 g/mol. The van der Waals surface area contributed by atoms with Gasteiger partial charge in [0, 0.05) is 16.4 Å². The Hall–Kier alpha value is -2.13. The molecule has 3 aromatic rings. The monoisotopic (exact) mass is 293 g/mol. The standard InChI is InChI=1S/C18H15NOS/c1-12-10-13-6-2-4-8-15(13)19(12)18(20)17-11-14-7-3-5-9-16(14)21-17/h2-9,11-12H,10H2,1H3. The number of thiophene rings is 1. The van der Waals surface area contributed by atoms with Crippen LogP contribution in [-0.2, 0) is 6.42 Å². The highest BCUT2D eigenvalue weighted by molar-refractivity contribution is 7.20. The number of carbonyl (C=O) groups excluding carboxylic acids is 1. The summed E-state index contributed by atoms with van der Waals surface area (Å²) < 4.78 is 1.17. The Morgan fingerprint density at radius 1 is 1.14 bits per heavy atom. The van der Waals surface area contributed by atoms with E-state index in [1.54, 1.807) is 11.3 Å². The van der Waals surface area contributed by atoms with Gasteiger partial charge < -0.3 is 4.90 Å². The summed E-state index contributed by atoms with van der Waals surface area (Å²) in [5.41, 5.74) is 2.33. The highest BCUT2D eigenvalue weighted by Crippen LogP contribution is 2.35. The number of rotatable bonds is 1. The molecule has 0 N–H and O–H groups in total. The Morgan fingerprint density at radius 3 is 2.76 bits per heavy atom. The van der Waals surface area contributed by atoms with Crippen molar-refractivity contribution in [2.45, 2.75) is 19.4 Å². The van der Waals surface area contributed by atoms with Gasteiger partial charge in [0.1, 0.15) is 0 Å². The molecule has 0 fully saturated rings. The van der Waals surface area contributed by atoms with E-state index in [0.717, 1.165) is 22.4 Å². The maximum absolute atomic E-state index is 12.9. The Kier molecular flexibility index (Phi) is 2.82. The summed E-state index contributed by atoms with van der Waals surface area (Å²) in [6.07, 6.45) is 0.937. The molecule has 1 aromatic heterocycles. The minimum absolute atomic E-state index is 0.119. The molecule has 2 aromatic carbocycles. The van der Waals surface area contributed by atoms with E-state index in [-0.39, 0.29) is 11.9 Å². The Balaban J connectivity index is 1.77. The third kappa shape index (κ3) is 1.96. The van der Waals surface area contributed by atoms with Crippen molar-refractivity contribution in [3.63, 3.8) is 0 Å². The lowest BCUT2D eigenvalue weighted by atomic mass is 10.1. The molecule has 1 amide bonds. The van der Waals surface area contributed by atoms with Crippen LogP contribution in [0.3, 0.4) is 0 Å². The zero-order chi connectivity index (χ0) is 14.4. The summed E-state index contributed by atoms with van der Waals surface area (Å²) in [5, 5.41) is 1.14. The van der Waals surface area contributed by atoms with Gasteiger partial charge in [-0.15, -0.1) is 11.3 Å². The second-order valence-electron chi connectivity index (χ2n) is 5.51. The summed E-state index contributed by atoms with van der Waals surface area (Å²) in [4.78, 5) is 15.7. The van der Waals surface area contributed by atoms with Crippen LogP contribution in [0.1, 0.15) is 22.2 Å². The van der Waals surface area contributed by atoms with Crippen LogP contribution in [0, 0.1) is 0 Å². The molecule has 0 bridgehead atoms. The van der Waals surface area contributed by atoms with Crippen molar-refractivity contribution in [3.05, 3.63) is 65.0 Å². The molecule has 1 atom stereocenters. The Morgan fingerprint density at radius 2 is 1.90 bits per heavy atom. The fourth-order valence-electron chi connectivity index (χ4n) is 3.08. The number of para-hydroxylation sites is 1. The van der Waals surface area contributed by atoms with Crippen LogP contribution in [-0.4, -0.2) is 11.9 Å². The molecule has 104 valence electrons. The van der Waals surface area contributed by atoms with Gasteiger partial charge in [-0.25, -0.2) is 0 Å². The average Bonchev–Trinajstić information content (AvgIpc) is 3.06. The number of fused-ring (bicyclic) bond motifs is 2. The summed E-state index contributed by atoms with van der Waals surface area (Å²) in [7, 11) is 0. The predicted molar refractivity (Wildman–Crippen MR) is 88.2 cm³/mol. The summed E-state index contributed by atoms with van der Waals surface area (Å²) in [6.45, 7) is 2.12. The highest BCUT2D eigenvalue weighted by Gasteiger charge is 2.31. The number of carbonyl (C=O) groups is 1. The first-order chi connectivity index (χ1) is 10.2. The quantitative estimate of drug-likeness (QED) is 0.647. The molecule has 1 unspecified atom stereocenters. The van der Waals surface area contributed by atoms with Gasteiger partial charge in [-0.05, 0) is 42.5 Å². The van der Waals surface area contributed by atoms with Crippen LogP contribution >= 0.6 is 11.3 Å². The van der Waals surface area contributed by atoms with Crippen molar-refractivity contribution in [3.8, 4) is 0 Å². The van der Waals surface area contributed by atoms with Crippen molar-refractivity contribution in [1.29, 1.82) is 0 Å². The number of anilines is 1. The van der Waals surface area contributed by atoms with Crippen molar-refractivity contribution in [2.75, 3.05) is 4.90 Å². The first kappa shape index (κ1) is 12.6. The summed E-state index contributed by atoms with van der Waals surface area (Å²) in [6, 6.07) is 18.6. The van der Waals surface area contributed by atoms with Crippen molar-refractivity contribution >= 4 is 33.0 Å². The first-order valence-corrected chi connectivity index (χ1v) is 7.96. The SMILES string of the molecule is CC1Cc2ccccc2N1C(=O)c1cc2ccccc2s1. The molecule has 2 heterocycles. The molecule has 0 saturated carbocycles. The maximum atomic E-state index is 12.9. The number of hydrogen-bond donors (Lipinski definition) is 0. The summed E-state index contributed by atoms with van der Waals surface area (Å²) >= 11 is 1.58. The number of hydrogen-bond acceptors (Lipinski definition) is 2. The first-order valence-electron chi connectivity index (χ1n) is 7.14. The van der Waals surface area contributed by atoms with E-state index in [1.165, 1.54) is 10.3 Å². The second-order valence-corrected chi connectivity index (χ2v) is 6.59. The van der Waals surface area contributed by atoms with Crippen LogP contribution in [0.5, 0.6) is 0 Å². The van der Waals surface area contributed by atoms with Crippen LogP contribution in [0.25, 0.3) is 10.1 Å². The van der Waals surface area contributed by atoms with E-state index in [0.29, 0.717) is 0 Å². The molecule has 0 saturated heterocycles. The number of nitrogens with zero attached hydrogens (tertiary/aromatic N) is 1. The number of benzene rings is 2. The van der Waals surface area contributed by atoms with Gasteiger partial charge in [0.05, 0.1) is 4.88 Å². The molecular formula is C18H15NOS. The van der Waals surface area contributed by atoms with Crippen LogP contribution in [0.15, 0.2) is 54.6 Å². The normalized spacial score (nSPS) is 17.2. The molecule has 1 aliphatic heterocycles. The lowest BCUT2D eigenvalue weighted by Gasteiger charge is -2.21. The molecule has 1 aliphatic rings. The zero-order valence-corrected chi connectivity index (χ0v) is 12.6. The molecule has 0 radical (unpaired) electrons. The molecule has 0 aliphatic carbocycles. The Bertz CT molecular complexity index is 803. The molecule has 0 spiro atoms. The Labute approximate surface area is 127 Å². The smallest absolute Gasteiger partial charge is 0.268 e. The van der Waals surface area contributed by atoms with Gasteiger partial charge in [-0.1, -0.05) is 36.4 Å². The van der Waals surface area contributed by atoms with Crippen molar-refractivity contribution in [1.82, 2.24) is 0 Å². The minimum atomic E-state index is 0.119. The van der Waals surface area contributed by atoms with Crippen LogP contribution < -0.4 is 4.90 Å². The van der Waals surface area contributed by atoms with E-state index in [1.807, 2.05) is 41.3 Å². The van der Waals surface area contributed by atoms with E-state index in [2.05, 4.69) is 25.1 Å². The molecule has 2 nitrogen and oxygen atoms in total.